The first-order valence-corrected chi connectivity index (χ1v) is 11.5. The van der Waals surface area contributed by atoms with E-state index in [2.05, 4.69) is 10.2 Å². The highest BCUT2D eigenvalue weighted by atomic mass is 16.5. The second kappa shape index (κ2) is 8.67. The number of nitrogens with one attached hydrogen (secondary N) is 1. The molecule has 1 saturated heterocycles. The molecule has 5 fully saturated rings. The van der Waals surface area contributed by atoms with Crippen molar-refractivity contribution in [2.75, 3.05) is 38.2 Å². The zero-order valence-corrected chi connectivity index (χ0v) is 17.6. The summed E-state index contributed by atoms with van der Waals surface area (Å²) in [6, 6.07) is 7.89. The third-order valence-corrected chi connectivity index (χ3v) is 7.59. The van der Waals surface area contributed by atoms with Crippen molar-refractivity contribution in [3.63, 3.8) is 0 Å². The van der Waals surface area contributed by atoms with Crippen LogP contribution in [-0.2, 0) is 25.6 Å². The smallest absolute Gasteiger partial charge is 0.310 e. The van der Waals surface area contributed by atoms with Crippen LogP contribution in [0.5, 0.6) is 0 Å². The maximum absolute atomic E-state index is 12.7. The van der Waals surface area contributed by atoms with Gasteiger partial charge in [0.05, 0.1) is 19.1 Å². The maximum Gasteiger partial charge on any atom is 0.310 e. The van der Waals surface area contributed by atoms with Gasteiger partial charge in [0.25, 0.3) is 5.91 Å². The molecule has 162 valence electrons. The van der Waals surface area contributed by atoms with Crippen molar-refractivity contribution in [2.45, 2.75) is 38.6 Å². The molecule has 6 rings (SSSR count). The van der Waals surface area contributed by atoms with E-state index in [0.29, 0.717) is 11.8 Å². The van der Waals surface area contributed by atoms with E-state index in [0.717, 1.165) is 50.4 Å². The molecule has 0 unspecified atom stereocenters. The summed E-state index contributed by atoms with van der Waals surface area (Å²) in [5.41, 5.74) is 1.94. The molecule has 6 heteroatoms. The van der Waals surface area contributed by atoms with Crippen molar-refractivity contribution in [1.29, 1.82) is 0 Å². The van der Waals surface area contributed by atoms with E-state index in [9.17, 15) is 9.59 Å². The molecule has 1 N–H and O–H groups in total. The highest BCUT2D eigenvalue weighted by Crippen LogP contribution is 2.56. The number of hydrogen-bond donors (Lipinski definition) is 1. The lowest BCUT2D eigenvalue weighted by molar-refractivity contribution is -0.164. The Hall–Kier alpha value is -1.92. The Kier molecular flexibility index (Phi) is 5.79. The minimum absolute atomic E-state index is 0.0186. The average Bonchev–Trinajstić information content (AvgIpc) is 2.74. The second-order valence-electron chi connectivity index (χ2n) is 9.70. The van der Waals surface area contributed by atoms with Gasteiger partial charge in [-0.1, -0.05) is 12.1 Å². The van der Waals surface area contributed by atoms with E-state index >= 15 is 0 Å². The van der Waals surface area contributed by atoms with E-state index in [1.165, 1.54) is 37.7 Å². The van der Waals surface area contributed by atoms with E-state index in [1.807, 2.05) is 24.3 Å². The molecule has 1 amide bonds. The van der Waals surface area contributed by atoms with Gasteiger partial charge in [-0.2, -0.15) is 0 Å². The molecule has 30 heavy (non-hydrogen) atoms. The van der Waals surface area contributed by atoms with Gasteiger partial charge in [-0.3, -0.25) is 14.5 Å². The molecule has 1 heterocycles. The van der Waals surface area contributed by atoms with Crippen molar-refractivity contribution >= 4 is 17.6 Å². The molecule has 5 aliphatic rings. The van der Waals surface area contributed by atoms with Crippen molar-refractivity contribution in [2.24, 2.45) is 29.6 Å². The van der Waals surface area contributed by atoms with Crippen LogP contribution in [0.3, 0.4) is 0 Å². The SMILES string of the molecule is O=C(COC(=O)C1C2CC3CC(C2)CC1C3)Nc1ccc(CN2CCOCC2)cc1. The number of carbonyl (C=O) groups excluding carboxylic acids is 2. The lowest BCUT2D eigenvalue weighted by Gasteiger charge is -2.53. The van der Waals surface area contributed by atoms with Gasteiger partial charge in [-0.25, -0.2) is 0 Å². The van der Waals surface area contributed by atoms with Crippen molar-refractivity contribution in [1.82, 2.24) is 4.90 Å². The molecule has 0 atom stereocenters. The van der Waals surface area contributed by atoms with Gasteiger partial charge in [0.1, 0.15) is 0 Å². The predicted molar refractivity (Wildman–Crippen MR) is 113 cm³/mol. The maximum atomic E-state index is 12.7. The Balaban J connectivity index is 1.08. The van der Waals surface area contributed by atoms with Gasteiger partial charge >= 0.3 is 5.97 Å². The summed E-state index contributed by atoms with van der Waals surface area (Å²) >= 11 is 0. The summed E-state index contributed by atoms with van der Waals surface area (Å²) in [7, 11) is 0. The Morgan fingerprint density at radius 2 is 1.60 bits per heavy atom. The average molecular weight is 413 g/mol. The van der Waals surface area contributed by atoms with Crippen LogP contribution in [0.15, 0.2) is 24.3 Å². The number of rotatable bonds is 6. The number of nitrogens with zero attached hydrogens (tertiary/aromatic N) is 1. The van der Waals surface area contributed by atoms with Gasteiger partial charge in [0, 0.05) is 25.3 Å². The third kappa shape index (κ3) is 4.40. The quantitative estimate of drug-likeness (QED) is 0.728. The first-order valence-electron chi connectivity index (χ1n) is 11.5. The van der Waals surface area contributed by atoms with Crippen molar-refractivity contribution in [3.05, 3.63) is 29.8 Å². The number of morpholine rings is 1. The van der Waals surface area contributed by atoms with E-state index in [-0.39, 0.29) is 24.4 Å². The molecular weight excluding hydrogens is 380 g/mol. The minimum atomic E-state index is -0.270. The molecule has 4 saturated carbocycles. The number of amides is 1. The van der Waals surface area contributed by atoms with Crippen LogP contribution >= 0.6 is 0 Å². The Morgan fingerprint density at radius 3 is 2.23 bits per heavy atom. The van der Waals surface area contributed by atoms with Gasteiger partial charge in [-0.05, 0) is 73.5 Å². The van der Waals surface area contributed by atoms with Crippen molar-refractivity contribution in [3.8, 4) is 0 Å². The molecule has 0 spiro atoms. The van der Waals surface area contributed by atoms with Crippen LogP contribution in [0, 0.1) is 29.6 Å². The zero-order chi connectivity index (χ0) is 20.5. The van der Waals surface area contributed by atoms with Crippen LogP contribution in [0.25, 0.3) is 0 Å². The van der Waals surface area contributed by atoms with Gasteiger partial charge in [0.2, 0.25) is 0 Å². The number of benzene rings is 1. The minimum Gasteiger partial charge on any atom is -0.455 e. The van der Waals surface area contributed by atoms with Crippen LogP contribution in [0.2, 0.25) is 0 Å². The lowest BCUT2D eigenvalue weighted by atomic mass is 9.52. The fourth-order valence-electron chi connectivity index (χ4n) is 6.45. The molecule has 4 aliphatic carbocycles. The van der Waals surface area contributed by atoms with Gasteiger partial charge < -0.3 is 14.8 Å². The fraction of sp³-hybridized carbons (Fsp3) is 0.667. The summed E-state index contributed by atoms with van der Waals surface area (Å²) in [6.45, 7) is 4.17. The predicted octanol–water partition coefficient (Wildman–Crippen LogP) is 3.07. The first-order chi connectivity index (χ1) is 14.6. The van der Waals surface area contributed by atoms with E-state index in [1.54, 1.807) is 0 Å². The van der Waals surface area contributed by atoms with Crippen molar-refractivity contribution < 1.29 is 19.1 Å². The second-order valence-corrected chi connectivity index (χ2v) is 9.70. The summed E-state index contributed by atoms with van der Waals surface area (Å²) in [4.78, 5) is 27.4. The van der Waals surface area contributed by atoms with Gasteiger partial charge in [-0.15, -0.1) is 0 Å². The van der Waals surface area contributed by atoms with E-state index in [4.69, 9.17) is 9.47 Å². The number of ether oxygens (including phenoxy) is 2. The lowest BCUT2D eigenvalue weighted by Crippen LogP contribution is -2.48. The topological polar surface area (TPSA) is 67.9 Å². The monoisotopic (exact) mass is 412 g/mol. The first kappa shape index (κ1) is 20.0. The summed E-state index contributed by atoms with van der Waals surface area (Å²) in [5, 5.41) is 2.85. The van der Waals surface area contributed by atoms with Crippen LogP contribution in [0.4, 0.5) is 5.69 Å². The molecular formula is C24H32N2O4. The summed E-state index contributed by atoms with van der Waals surface area (Å²) in [6.07, 6.45) is 6.07. The Morgan fingerprint density at radius 1 is 0.967 bits per heavy atom. The Bertz CT molecular complexity index is 744. The molecule has 1 aromatic carbocycles. The molecule has 0 radical (unpaired) electrons. The van der Waals surface area contributed by atoms with Gasteiger partial charge in [0.15, 0.2) is 6.61 Å². The molecule has 6 nitrogen and oxygen atoms in total. The number of anilines is 1. The summed E-state index contributed by atoms with van der Waals surface area (Å²) < 4.78 is 10.8. The number of carbonyl (C=O) groups is 2. The standard InChI is InChI=1S/C24H32N2O4/c27-22(25-21-3-1-16(2-4-21)14-26-5-7-29-8-6-26)15-30-24(28)23-19-10-17-9-18(12-19)13-20(23)11-17/h1-4,17-20,23H,5-15H2,(H,25,27). The molecule has 0 aromatic heterocycles. The third-order valence-electron chi connectivity index (χ3n) is 7.59. The van der Waals surface area contributed by atoms with Crippen LogP contribution < -0.4 is 5.32 Å². The zero-order valence-electron chi connectivity index (χ0n) is 17.6. The molecule has 1 aliphatic heterocycles. The molecule has 4 bridgehead atoms. The highest BCUT2D eigenvalue weighted by Gasteiger charge is 2.51. The normalized spacial score (nSPS) is 32.7. The summed E-state index contributed by atoms with van der Waals surface area (Å²) in [5.74, 6) is 2.21. The largest absolute Gasteiger partial charge is 0.455 e. The van der Waals surface area contributed by atoms with E-state index < -0.39 is 0 Å². The fourth-order valence-corrected chi connectivity index (χ4v) is 6.45. The number of esters is 1. The van der Waals surface area contributed by atoms with Crippen LogP contribution in [0.1, 0.15) is 37.7 Å². The number of hydrogen-bond acceptors (Lipinski definition) is 5. The molecule has 1 aromatic rings. The van der Waals surface area contributed by atoms with Crippen LogP contribution in [-0.4, -0.2) is 49.7 Å². The Labute approximate surface area is 178 Å². The highest BCUT2D eigenvalue weighted by molar-refractivity contribution is 5.93.